The number of amides is 1. The molecule has 0 aliphatic carbocycles. The van der Waals surface area contributed by atoms with Crippen molar-refractivity contribution >= 4 is 11.9 Å². The third-order valence-electron chi connectivity index (χ3n) is 4.79. The summed E-state index contributed by atoms with van der Waals surface area (Å²) in [5.74, 6) is 0.980. The molecule has 7 heteroatoms. The zero-order valence-electron chi connectivity index (χ0n) is 14.8. The largest absolute Gasteiger partial charge is 0.372 e. The van der Waals surface area contributed by atoms with Gasteiger partial charge in [0.25, 0.3) is 0 Å². The van der Waals surface area contributed by atoms with E-state index in [1.807, 2.05) is 31.7 Å². The van der Waals surface area contributed by atoms with Crippen molar-refractivity contribution in [1.82, 2.24) is 19.8 Å². The lowest BCUT2D eigenvalue weighted by Crippen LogP contribution is -2.57. The molecule has 3 atom stereocenters. The van der Waals surface area contributed by atoms with E-state index in [4.69, 9.17) is 4.74 Å². The summed E-state index contributed by atoms with van der Waals surface area (Å²) in [6, 6.07) is 1.73. The Balaban J connectivity index is 1.55. The third kappa shape index (κ3) is 3.84. The first kappa shape index (κ1) is 17.1. The highest BCUT2D eigenvalue weighted by Crippen LogP contribution is 2.16. The summed E-state index contributed by atoms with van der Waals surface area (Å²) in [6.07, 6.45) is 3.75. The van der Waals surface area contributed by atoms with Crippen LogP contribution in [0, 0.1) is 0 Å². The number of nitrogens with zero attached hydrogens (tertiary/aromatic N) is 5. The van der Waals surface area contributed by atoms with Crippen LogP contribution in [0.2, 0.25) is 0 Å². The Bertz CT molecular complexity index is 537. The Morgan fingerprint density at radius 2 is 1.71 bits per heavy atom. The topological polar surface area (TPSA) is 61.8 Å². The van der Waals surface area contributed by atoms with Gasteiger partial charge in [-0.05, 0) is 26.8 Å². The van der Waals surface area contributed by atoms with Crippen LogP contribution in [0.15, 0.2) is 18.5 Å². The molecule has 2 aliphatic heterocycles. The van der Waals surface area contributed by atoms with Crippen LogP contribution in [0.25, 0.3) is 0 Å². The molecule has 7 nitrogen and oxygen atoms in total. The molecule has 0 spiro atoms. The van der Waals surface area contributed by atoms with Crippen molar-refractivity contribution in [2.24, 2.45) is 0 Å². The monoisotopic (exact) mass is 333 g/mol. The van der Waals surface area contributed by atoms with Crippen LogP contribution in [0.4, 0.5) is 5.95 Å². The Hall–Kier alpha value is -1.73. The van der Waals surface area contributed by atoms with Crippen molar-refractivity contribution in [3.8, 4) is 0 Å². The van der Waals surface area contributed by atoms with E-state index >= 15 is 0 Å². The van der Waals surface area contributed by atoms with E-state index in [2.05, 4.69) is 19.8 Å². The molecule has 2 saturated heterocycles. The highest BCUT2D eigenvalue weighted by Gasteiger charge is 2.32. The maximum Gasteiger partial charge on any atom is 0.239 e. The number of carbonyl (C=O) groups excluding carboxylic acids is 1. The van der Waals surface area contributed by atoms with E-state index in [1.54, 1.807) is 12.4 Å². The lowest BCUT2D eigenvalue weighted by Gasteiger charge is -2.41. The first-order chi connectivity index (χ1) is 11.5. The highest BCUT2D eigenvalue weighted by atomic mass is 16.5. The number of morpholine rings is 1. The summed E-state index contributed by atoms with van der Waals surface area (Å²) in [5, 5.41) is 0. The zero-order chi connectivity index (χ0) is 17.1. The third-order valence-corrected chi connectivity index (χ3v) is 4.79. The van der Waals surface area contributed by atoms with Gasteiger partial charge >= 0.3 is 0 Å². The smallest absolute Gasteiger partial charge is 0.239 e. The van der Waals surface area contributed by atoms with Crippen LogP contribution in [-0.4, -0.2) is 83.2 Å². The number of hydrogen-bond donors (Lipinski definition) is 0. The lowest BCUT2D eigenvalue weighted by atomic mass is 10.1. The van der Waals surface area contributed by atoms with Crippen molar-refractivity contribution in [2.75, 3.05) is 44.2 Å². The quantitative estimate of drug-likeness (QED) is 0.808. The molecule has 0 aromatic carbocycles. The van der Waals surface area contributed by atoms with Crippen molar-refractivity contribution < 1.29 is 9.53 Å². The Morgan fingerprint density at radius 1 is 1.12 bits per heavy atom. The fourth-order valence-electron chi connectivity index (χ4n) is 3.54. The van der Waals surface area contributed by atoms with E-state index in [-0.39, 0.29) is 24.2 Å². The second-order valence-corrected chi connectivity index (χ2v) is 6.75. The molecule has 1 aromatic heterocycles. The zero-order valence-corrected chi connectivity index (χ0v) is 14.8. The molecule has 24 heavy (non-hydrogen) atoms. The molecule has 3 rings (SSSR count). The number of hydrogen-bond acceptors (Lipinski definition) is 6. The molecule has 1 amide bonds. The molecule has 3 unspecified atom stereocenters. The number of carbonyl (C=O) groups is 1. The maximum atomic E-state index is 12.8. The second-order valence-electron chi connectivity index (χ2n) is 6.75. The fourth-order valence-corrected chi connectivity index (χ4v) is 3.54. The molecule has 0 N–H and O–H groups in total. The van der Waals surface area contributed by atoms with Gasteiger partial charge in [-0.1, -0.05) is 0 Å². The molecule has 2 fully saturated rings. The average molecular weight is 333 g/mol. The summed E-state index contributed by atoms with van der Waals surface area (Å²) in [4.78, 5) is 27.8. The van der Waals surface area contributed by atoms with Crippen LogP contribution < -0.4 is 4.90 Å². The fraction of sp³-hybridized carbons (Fsp3) is 0.706. The van der Waals surface area contributed by atoms with Crippen LogP contribution >= 0.6 is 0 Å². The first-order valence-corrected chi connectivity index (χ1v) is 8.75. The summed E-state index contributed by atoms with van der Waals surface area (Å²) in [6.45, 7) is 10.8. The van der Waals surface area contributed by atoms with E-state index in [0.29, 0.717) is 13.1 Å². The molecular formula is C17H27N5O2. The van der Waals surface area contributed by atoms with Gasteiger partial charge < -0.3 is 14.5 Å². The van der Waals surface area contributed by atoms with Crippen molar-refractivity contribution in [3.63, 3.8) is 0 Å². The number of anilines is 1. The van der Waals surface area contributed by atoms with Crippen LogP contribution in [0.5, 0.6) is 0 Å². The van der Waals surface area contributed by atoms with Crippen LogP contribution in [-0.2, 0) is 9.53 Å². The minimum absolute atomic E-state index is 0.0960. The molecule has 2 aliphatic rings. The van der Waals surface area contributed by atoms with E-state index < -0.39 is 0 Å². The van der Waals surface area contributed by atoms with Gasteiger partial charge in [0.2, 0.25) is 11.9 Å². The van der Waals surface area contributed by atoms with Crippen LogP contribution in [0.3, 0.4) is 0 Å². The molecule has 1 aromatic rings. The van der Waals surface area contributed by atoms with Crippen molar-refractivity contribution in [2.45, 2.75) is 39.0 Å². The van der Waals surface area contributed by atoms with Gasteiger partial charge in [-0.25, -0.2) is 9.97 Å². The average Bonchev–Trinajstić information content (AvgIpc) is 2.60. The standard InChI is InChI=1S/C17H27N5O2/c1-13-11-22(12-14(2)24-13)16(23)15(3)20-7-9-21(10-8-20)17-18-5-4-6-19-17/h4-6,13-15H,7-12H2,1-3H3. The predicted octanol–water partition coefficient (Wildman–Crippen LogP) is 0.623. The van der Waals surface area contributed by atoms with Gasteiger partial charge in [0.15, 0.2) is 0 Å². The Morgan fingerprint density at radius 3 is 2.29 bits per heavy atom. The summed E-state index contributed by atoms with van der Waals surface area (Å²) in [7, 11) is 0. The second kappa shape index (κ2) is 7.44. The van der Waals surface area contributed by atoms with Gasteiger partial charge in [-0.15, -0.1) is 0 Å². The molecule has 0 radical (unpaired) electrons. The lowest BCUT2D eigenvalue weighted by molar-refractivity contribution is -0.148. The minimum Gasteiger partial charge on any atom is -0.372 e. The van der Waals surface area contributed by atoms with Gasteiger partial charge in [-0.3, -0.25) is 9.69 Å². The van der Waals surface area contributed by atoms with Gasteiger partial charge in [0, 0.05) is 51.7 Å². The summed E-state index contributed by atoms with van der Waals surface area (Å²) >= 11 is 0. The highest BCUT2D eigenvalue weighted by molar-refractivity contribution is 5.81. The van der Waals surface area contributed by atoms with Crippen molar-refractivity contribution in [1.29, 1.82) is 0 Å². The Kier molecular flexibility index (Phi) is 5.30. The molecule has 0 saturated carbocycles. The summed E-state index contributed by atoms with van der Waals surface area (Å²) in [5.41, 5.74) is 0. The predicted molar refractivity (Wildman–Crippen MR) is 91.9 cm³/mol. The SMILES string of the molecule is CC1CN(C(=O)C(C)N2CCN(c3ncccn3)CC2)CC(C)O1. The van der Waals surface area contributed by atoms with Crippen LogP contribution in [0.1, 0.15) is 20.8 Å². The number of aromatic nitrogens is 2. The molecule has 0 bridgehead atoms. The molecule has 132 valence electrons. The van der Waals surface area contributed by atoms with Gasteiger partial charge in [-0.2, -0.15) is 0 Å². The number of rotatable bonds is 3. The number of piperazine rings is 1. The van der Waals surface area contributed by atoms with E-state index in [9.17, 15) is 4.79 Å². The Labute approximate surface area is 143 Å². The minimum atomic E-state index is -0.0960. The normalized spacial score (nSPS) is 27.1. The molecule has 3 heterocycles. The van der Waals surface area contributed by atoms with Crippen molar-refractivity contribution in [3.05, 3.63) is 18.5 Å². The van der Waals surface area contributed by atoms with E-state index in [0.717, 1.165) is 32.1 Å². The van der Waals surface area contributed by atoms with Gasteiger partial charge in [0.05, 0.1) is 18.2 Å². The summed E-state index contributed by atoms with van der Waals surface area (Å²) < 4.78 is 5.73. The molecular weight excluding hydrogens is 306 g/mol. The van der Waals surface area contributed by atoms with Gasteiger partial charge in [0.1, 0.15) is 0 Å². The first-order valence-electron chi connectivity index (χ1n) is 8.75. The maximum absolute atomic E-state index is 12.8. The van der Waals surface area contributed by atoms with E-state index in [1.165, 1.54) is 0 Å². The number of ether oxygens (including phenoxy) is 1.